The van der Waals surface area contributed by atoms with Crippen LogP contribution >= 0.6 is 11.8 Å². The number of nitrogens with zero attached hydrogens (tertiary/aromatic N) is 3. The van der Waals surface area contributed by atoms with Crippen molar-refractivity contribution in [2.45, 2.75) is 39.1 Å². The Bertz CT molecular complexity index is 1250. The van der Waals surface area contributed by atoms with Crippen LogP contribution in [0.1, 0.15) is 23.9 Å². The second kappa shape index (κ2) is 9.87. The van der Waals surface area contributed by atoms with Crippen molar-refractivity contribution in [2.24, 2.45) is 0 Å². The molecule has 3 aromatic carbocycles. The highest BCUT2D eigenvalue weighted by molar-refractivity contribution is 7.99. The molecular weight excluding hydrogens is 420 g/mol. The van der Waals surface area contributed by atoms with Crippen LogP contribution in [0.25, 0.3) is 10.8 Å². The van der Waals surface area contributed by atoms with Gasteiger partial charge < -0.3 is 14.6 Å². The maximum atomic E-state index is 12.5. The van der Waals surface area contributed by atoms with Gasteiger partial charge in [0.2, 0.25) is 5.91 Å². The molecule has 0 saturated carbocycles. The summed E-state index contributed by atoms with van der Waals surface area (Å²) in [6.07, 6.45) is 0. The molecule has 4 rings (SSSR count). The number of rotatable bonds is 8. The summed E-state index contributed by atoms with van der Waals surface area (Å²) in [5.74, 6) is 1.74. The first-order valence-electron chi connectivity index (χ1n) is 10.6. The Hall–Kier alpha value is -3.32. The lowest BCUT2D eigenvalue weighted by atomic mass is 10.1. The molecule has 7 heteroatoms. The molecule has 0 bridgehead atoms. The first kappa shape index (κ1) is 21.9. The maximum Gasteiger partial charge on any atom is 0.234 e. The first-order chi connectivity index (χ1) is 15.5. The van der Waals surface area contributed by atoms with Gasteiger partial charge in [-0.25, -0.2) is 0 Å². The lowest BCUT2D eigenvalue weighted by Gasteiger charge is -2.11. The zero-order chi connectivity index (χ0) is 22.5. The fraction of sp³-hybridized carbons (Fsp3) is 0.240. The highest BCUT2D eigenvalue weighted by Gasteiger charge is 2.15. The number of hydrogen-bond acceptors (Lipinski definition) is 5. The fourth-order valence-corrected chi connectivity index (χ4v) is 4.32. The zero-order valence-corrected chi connectivity index (χ0v) is 19.3. The Morgan fingerprint density at radius 3 is 2.72 bits per heavy atom. The largest absolute Gasteiger partial charge is 0.485 e. The number of nitrogens with one attached hydrogen (secondary N) is 1. The van der Waals surface area contributed by atoms with E-state index in [1.165, 1.54) is 11.8 Å². The highest BCUT2D eigenvalue weighted by Crippen LogP contribution is 2.26. The van der Waals surface area contributed by atoms with Gasteiger partial charge in [-0.15, -0.1) is 10.2 Å². The third-order valence-electron chi connectivity index (χ3n) is 5.22. The van der Waals surface area contributed by atoms with Crippen LogP contribution in [0, 0.1) is 13.8 Å². The summed E-state index contributed by atoms with van der Waals surface area (Å²) in [6.45, 7) is 7.03. The minimum absolute atomic E-state index is 0.0668. The van der Waals surface area contributed by atoms with E-state index in [9.17, 15) is 4.79 Å². The van der Waals surface area contributed by atoms with Crippen molar-refractivity contribution in [3.8, 4) is 5.75 Å². The number of fused-ring (bicyclic) bond motifs is 1. The first-order valence-corrected chi connectivity index (χ1v) is 11.6. The maximum absolute atomic E-state index is 12.5. The second-order valence-electron chi connectivity index (χ2n) is 7.56. The van der Waals surface area contributed by atoms with Gasteiger partial charge in [-0.1, -0.05) is 60.3 Å². The van der Waals surface area contributed by atoms with Crippen molar-refractivity contribution in [3.05, 3.63) is 77.6 Å². The predicted octanol–water partition coefficient (Wildman–Crippen LogP) is 5.38. The number of benzene rings is 3. The van der Waals surface area contributed by atoms with Gasteiger partial charge in [-0.05, 0) is 49.4 Å². The molecule has 0 aliphatic carbocycles. The van der Waals surface area contributed by atoms with E-state index in [0.29, 0.717) is 18.3 Å². The number of anilines is 1. The van der Waals surface area contributed by atoms with Gasteiger partial charge in [-0.3, -0.25) is 4.79 Å². The summed E-state index contributed by atoms with van der Waals surface area (Å²) >= 11 is 1.38. The summed E-state index contributed by atoms with van der Waals surface area (Å²) in [7, 11) is 0. The summed E-state index contributed by atoms with van der Waals surface area (Å²) in [4.78, 5) is 12.5. The average molecular weight is 447 g/mol. The van der Waals surface area contributed by atoms with Crippen LogP contribution < -0.4 is 10.1 Å². The molecule has 1 N–H and O–H groups in total. The van der Waals surface area contributed by atoms with E-state index >= 15 is 0 Å². The van der Waals surface area contributed by atoms with Gasteiger partial charge in [0.1, 0.15) is 12.4 Å². The quantitative estimate of drug-likeness (QED) is 0.368. The van der Waals surface area contributed by atoms with Gasteiger partial charge >= 0.3 is 0 Å². The molecule has 1 aromatic heterocycles. The van der Waals surface area contributed by atoms with Crippen molar-refractivity contribution in [3.63, 3.8) is 0 Å². The Labute approximate surface area is 192 Å². The summed E-state index contributed by atoms with van der Waals surface area (Å²) in [5, 5.41) is 14.5. The average Bonchev–Trinajstić information content (AvgIpc) is 3.20. The number of ether oxygens (including phenoxy) is 1. The van der Waals surface area contributed by atoms with E-state index in [0.717, 1.165) is 39.2 Å². The van der Waals surface area contributed by atoms with Crippen LogP contribution in [0.3, 0.4) is 0 Å². The highest BCUT2D eigenvalue weighted by atomic mass is 32.2. The molecule has 0 fully saturated rings. The van der Waals surface area contributed by atoms with Crippen molar-refractivity contribution < 1.29 is 9.53 Å². The van der Waals surface area contributed by atoms with Crippen molar-refractivity contribution in [1.29, 1.82) is 0 Å². The Morgan fingerprint density at radius 2 is 1.88 bits per heavy atom. The molecule has 0 unspecified atom stereocenters. The molecule has 0 atom stereocenters. The van der Waals surface area contributed by atoms with E-state index in [1.54, 1.807) is 0 Å². The lowest BCUT2D eigenvalue weighted by molar-refractivity contribution is -0.113. The van der Waals surface area contributed by atoms with E-state index in [4.69, 9.17) is 4.74 Å². The SMILES string of the molecule is CCn1c(COc2cccc3ccccc23)nnc1SCC(=O)Nc1cc(C)ccc1C. The number of aryl methyl sites for hydroxylation is 2. The van der Waals surface area contributed by atoms with Crippen LogP contribution in [0.15, 0.2) is 65.8 Å². The molecule has 0 spiro atoms. The molecule has 1 amide bonds. The third-order valence-corrected chi connectivity index (χ3v) is 6.18. The van der Waals surface area contributed by atoms with Crippen molar-refractivity contribution >= 4 is 34.1 Å². The van der Waals surface area contributed by atoms with E-state index in [-0.39, 0.29) is 11.7 Å². The third kappa shape index (κ3) is 4.94. The summed E-state index contributed by atoms with van der Waals surface area (Å²) in [6, 6.07) is 20.2. The Morgan fingerprint density at radius 1 is 1.06 bits per heavy atom. The van der Waals surface area contributed by atoms with Crippen LogP contribution in [0.4, 0.5) is 5.69 Å². The van der Waals surface area contributed by atoms with E-state index in [2.05, 4.69) is 27.6 Å². The van der Waals surface area contributed by atoms with E-state index in [1.807, 2.05) is 73.9 Å². The van der Waals surface area contributed by atoms with Gasteiger partial charge in [0.25, 0.3) is 0 Å². The van der Waals surface area contributed by atoms with Gasteiger partial charge in [-0.2, -0.15) is 0 Å². The Balaban J connectivity index is 1.40. The molecule has 0 radical (unpaired) electrons. The number of aromatic nitrogens is 3. The molecule has 0 aliphatic rings. The minimum Gasteiger partial charge on any atom is -0.485 e. The minimum atomic E-state index is -0.0668. The number of carbonyl (C=O) groups is 1. The van der Waals surface area contributed by atoms with Crippen LogP contribution in [-0.4, -0.2) is 26.4 Å². The number of amides is 1. The normalized spacial score (nSPS) is 11.0. The molecule has 0 aliphatic heterocycles. The van der Waals surface area contributed by atoms with Crippen molar-refractivity contribution in [2.75, 3.05) is 11.1 Å². The number of hydrogen-bond donors (Lipinski definition) is 1. The molecule has 4 aromatic rings. The summed E-state index contributed by atoms with van der Waals surface area (Å²) < 4.78 is 8.07. The number of thioether (sulfide) groups is 1. The van der Waals surface area contributed by atoms with Gasteiger partial charge in [0.05, 0.1) is 5.75 Å². The standard InChI is InChI=1S/C25H26N4O2S/c1-4-29-23(15-31-22-11-7-9-19-8-5-6-10-20(19)22)27-28-25(29)32-16-24(30)26-21-14-17(2)12-13-18(21)3/h5-14H,4,15-16H2,1-3H3,(H,26,30). The molecule has 32 heavy (non-hydrogen) atoms. The summed E-state index contributed by atoms with van der Waals surface area (Å²) in [5.41, 5.74) is 3.00. The smallest absolute Gasteiger partial charge is 0.234 e. The van der Waals surface area contributed by atoms with Crippen molar-refractivity contribution in [1.82, 2.24) is 14.8 Å². The van der Waals surface area contributed by atoms with Crippen LogP contribution in [0.5, 0.6) is 5.75 Å². The van der Waals surface area contributed by atoms with Crippen LogP contribution in [-0.2, 0) is 17.9 Å². The topological polar surface area (TPSA) is 69.0 Å². The van der Waals surface area contributed by atoms with Crippen LogP contribution in [0.2, 0.25) is 0 Å². The fourth-order valence-electron chi connectivity index (χ4n) is 3.50. The molecule has 6 nitrogen and oxygen atoms in total. The van der Waals surface area contributed by atoms with Gasteiger partial charge in [0.15, 0.2) is 11.0 Å². The van der Waals surface area contributed by atoms with E-state index < -0.39 is 0 Å². The molecule has 0 saturated heterocycles. The number of carbonyl (C=O) groups excluding carboxylic acids is 1. The zero-order valence-electron chi connectivity index (χ0n) is 18.5. The monoisotopic (exact) mass is 446 g/mol. The predicted molar refractivity (Wildman–Crippen MR) is 129 cm³/mol. The molecule has 1 heterocycles. The second-order valence-corrected chi connectivity index (χ2v) is 8.51. The lowest BCUT2D eigenvalue weighted by Crippen LogP contribution is -2.15. The Kier molecular flexibility index (Phi) is 6.75. The van der Waals surface area contributed by atoms with Gasteiger partial charge in [0, 0.05) is 17.6 Å². The molecular formula is C25H26N4O2S. The molecule has 164 valence electrons.